The van der Waals surface area contributed by atoms with Gasteiger partial charge in [-0.05, 0) is 74.5 Å². The van der Waals surface area contributed by atoms with Gasteiger partial charge in [-0.3, -0.25) is 4.79 Å². The summed E-state index contributed by atoms with van der Waals surface area (Å²) in [6.07, 6.45) is 0.0832. The number of benzene rings is 2. The number of hydrogen-bond donors (Lipinski definition) is 0. The van der Waals surface area contributed by atoms with Crippen molar-refractivity contribution < 1.29 is 47.2 Å². The van der Waals surface area contributed by atoms with Crippen LogP contribution >= 0.6 is 0 Å². The van der Waals surface area contributed by atoms with Crippen LogP contribution in [0.5, 0.6) is 0 Å². The van der Waals surface area contributed by atoms with Gasteiger partial charge < -0.3 is 37.6 Å². The second kappa shape index (κ2) is 12.9. The van der Waals surface area contributed by atoms with Gasteiger partial charge in [0.05, 0.1) is 17.3 Å². The van der Waals surface area contributed by atoms with Crippen LogP contribution in [0.4, 0.5) is 0 Å². The molecule has 302 valence electrons. The number of rotatable bonds is 8. The van der Waals surface area contributed by atoms with Crippen LogP contribution in [-0.4, -0.2) is 73.9 Å². The smallest absolute Gasteiger partial charge is 0.338 e. The summed E-state index contributed by atoms with van der Waals surface area (Å²) in [7, 11) is -2.46. The maximum atomic E-state index is 13.6. The summed E-state index contributed by atoms with van der Waals surface area (Å²) in [5.74, 6) is -5.01. The molecule has 2 aromatic rings. The van der Waals surface area contributed by atoms with Crippen LogP contribution in [-0.2, 0) is 48.4 Å². The van der Waals surface area contributed by atoms with Crippen LogP contribution in [0.2, 0.25) is 18.1 Å². The summed E-state index contributed by atoms with van der Waals surface area (Å²) in [6, 6.07) is 18.7. The highest BCUT2D eigenvalue weighted by Crippen LogP contribution is 2.73. The van der Waals surface area contributed by atoms with Crippen molar-refractivity contribution in [1.82, 2.24) is 0 Å². The van der Waals surface area contributed by atoms with Gasteiger partial charge in [0.1, 0.15) is 30.5 Å². The molecule has 6 aliphatic rings. The summed E-state index contributed by atoms with van der Waals surface area (Å²) in [6.45, 7) is 27.2. The lowest BCUT2D eigenvalue weighted by atomic mass is 9.53. The lowest BCUT2D eigenvalue weighted by molar-refractivity contribution is -0.438. The Kier molecular flexibility index (Phi) is 9.15. The van der Waals surface area contributed by atoms with Crippen LogP contribution < -0.4 is 0 Å². The molecule has 0 N–H and O–H groups in total. The Morgan fingerprint density at radius 2 is 1.54 bits per heavy atom. The molecule has 3 saturated heterocycles. The van der Waals surface area contributed by atoms with Crippen molar-refractivity contribution in [1.29, 1.82) is 0 Å². The number of hydrogen-bond acceptors (Lipinski definition) is 10. The van der Waals surface area contributed by atoms with Crippen molar-refractivity contribution in [2.75, 3.05) is 6.61 Å². The van der Waals surface area contributed by atoms with E-state index in [4.69, 9.17) is 37.6 Å². The molecule has 1 unspecified atom stereocenters. The summed E-state index contributed by atoms with van der Waals surface area (Å²) >= 11 is 0. The molecule has 2 saturated carbocycles. The average Bonchev–Trinajstić information content (AvgIpc) is 3.66. The fourth-order valence-corrected chi connectivity index (χ4v) is 12.2. The van der Waals surface area contributed by atoms with E-state index in [-0.39, 0.29) is 17.6 Å². The predicted octanol–water partition coefficient (Wildman–Crippen LogP) is 8.23. The standard InChI is InChI=1S/C45H58O10Si/c1-26(2)42-36(49-29(5)46)28(4)43-33(38(42)51-45(54-42,55-43)32-21-17-14-18-22-32)24-31(25-48-39(47)30-19-15-13-16-20-30)37-44(53-41(9,10)50-37)34(43)23-27(3)35(44)52-56(11,12)40(6,7)8/h13-22,24,27-28,33-38H,1,23,25H2,2-12H3/t27-,28+,33-,34-,35-,36+,37+,38+,42-,43+,44+,45?/m0/s1. The first-order valence-electron chi connectivity index (χ1n) is 20.1. The van der Waals surface area contributed by atoms with E-state index in [0.29, 0.717) is 23.1 Å². The lowest BCUT2D eigenvalue weighted by Gasteiger charge is -2.61. The van der Waals surface area contributed by atoms with E-state index in [9.17, 15) is 9.59 Å². The van der Waals surface area contributed by atoms with Crippen LogP contribution in [0, 0.1) is 23.7 Å². The molecular formula is C45H58O10Si. The van der Waals surface area contributed by atoms with Crippen LogP contribution in [0.15, 0.2) is 84.5 Å². The zero-order valence-corrected chi connectivity index (χ0v) is 35.7. The van der Waals surface area contributed by atoms with Gasteiger partial charge >= 0.3 is 17.9 Å². The Morgan fingerprint density at radius 1 is 0.893 bits per heavy atom. The third-order valence-electron chi connectivity index (χ3n) is 14.1. The van der Waals surface area contributed by atoms with Crippen LogP contribution in [0.1, 0.15) is 84.7 Å². The molecule has 0 radical (unpaired) electrons. The summed E-state index contributed by atoms with van der Waals surface area (Å²) < 4.78 is 56.8. The fraction of sp³-hybridized carbons (Fsp3) is 0.600. The van der Waals surface area contributed by atoms with E-state index >= 15 is 0 Å². The summed E-state index contributed by atoms with van der Waals surface area (Å²) in [5.41, 5.74) is -1.07. The molecule has 0 amide bonds. The maximum absolute atomic E-state index is 13.6. The highest BCUT2D eigenvalue weighted by molar-refractivity contribution is 6.74. The molecule has 5 fully saturated rings. The quantitative estimate of drug-likeness (QED) is 0.148. The lowest BCUT2D eigenvalue weighted by Crippen LogP contribution is -2.75. The molecule has 2 aromatic carbocycles. The fourth-order valence-electron chi connectivity index (χ4n) is 10.8. The zero-order chi connectivity index (χ0) is 40.4. The van der Waals surface area contributed by atoms with Gasteiger partial charge in [-0.25, -0.2) is 4.79 Å². The minimum atomic E-state index is -2.46. The third-order valence-corrected chi connectivity index (χ3v) is 18.5. The second-order valence-corrected chi connectivity index (χ2v) is 23.8. The van der Waals surface area contributed by atoms with E-state index < -0.39 is 91.0 Å². The van der Waals surface area contributed by atoms with E-state index in [1.54, 1.807) is 12.1 Å². The number of fused-ring (bicyclic) bond motifs is 1. The topological polar surface area (TPSA) is 108 Å². The minimum absolute atomic E-state index is 0.0136. The van der Waals surface area contributed by atoms with E-state index in [1.165, 1.54) is 6.92 Å². The third kappa shape index (κ3) is 5.48. The minimum Gasteiger partial charge on any atom is -0.459 e. The Balaban J connectivity index is 1.40. The number of ether oxygens (including phenoxy) is 7. The largest absolute Gasteiger partial charge is 0.459 e. The van der Waals surface area contributed by atoms with Gasteiger partial charge in [0.15, 0.2) is 19.7 Å². The summed E-state index contributed by atoms with van der Waals surface area (Å²) in [5, 5.41) is -0.111. The zero-order valence-electron chi connectivity index (χ0n) is 34.7. The van der Waals surface area contributed by atoms with Crippen molar-refractivity contribution in [3.05, 3.63) is 95.6 Å². The number of esters is 2. The normalized spacial score (nSPS) is 40.5. The van der Waals surface area contributed by atoms with Crippen molar-refractivity contribution >= 4 is 20.3 Å². The average molecular weight is 787 g/mol. The van der Waals surface area contributed by atoms with E-state index in [2.05, 4.69) is 60.4 Å². The van der Waals surface area contributed by atoms with Gasteiger partial charge in [-0.1, -0.05) is 95.8 Å². The van der Waals surface area contributed by atoms with Crippen molar-refractivity contribution in [2.24, 2.45) is 23.7 Å². The Bertz CT molecular complexity index is 1940. The molecular weight excluding hydrogens is 729 g/mol. The highest BCUT2D eigenvalue weighted by Gasteiger charge is 2.86. The molecule has 3 aliphatic carbocycles. The molecule has 12 atom stereocenters. The Labute approximate surface area is 332 Å². The molecule has 0 aromatic heterocycles. The highest BCUT2D eigenvalue weighted by atomic mass is 28.4. The van der Waals surface area contributed by atoms with Crippen molar-refractivity contribution in [3.8, 4) is 0 Å². The predicted molar refractivity (Wildman–Crippen MR) is 211 cm³/mol. The first kappa shape index (κ1) is 39.7. The van der Waals surface area contributed by atoms with E-state index in [1.807, 2.05) is 69.3 Å². The van der Waals surface area contributed by atoms with Crippen LogP contribution in [0.3, 0.4) is 0 Å². The van der Waals surface area contributed by atoms with Gasteiger partial charge in [-0.2, -0.15) is 0 Å². The first-order chi connectivity index (χ1) is 26.2. The van der Waals surface area contributed by atoms with Gasteiger partial charge in [-0.15, -0.1) is 0 Å². The van der Waals surface area contributed by atoms with Crippen LogP contribution in [0.25, 0.3) is 0 Å². The second-order valence-electron chi connectivity index (χ2n) is 19.0. The molecule has 3 bridgehead atoms. The molecule has 3 heterocycles. The Hall–Kier alpha value is -3.16. The molecule has 3 aliphatic heterocycles. The van der Waals surface area contributed by atoms with E-state index in [0.717, 1.165) is 5.57 Å². The Morgan fingerprint density at radius 3 is 2.14 bits per heavy atom. The molecule has 11 heteroatoms. The summed E-state index contributed by atoms with van der Waals surface area (Å²) in [4.78, 5) is 26.8. The maximum Gasteiger partial charge on any atom is 0.338 e. The van der Waals surface area contributed by atoms with Gasteiger partial charge in [0.2, 0.25) is 0 Å². The monoisotopic (exact) mass is 786 g/mol. The van der Waals surface area contributed by atoms with Crippen molar-refractivity contribution in [2.45, 2.75) is 140 Å². The molecule has 56 heavy (non-hydrogen) atoms. The van der Waals surface area contributed by atoms with Gasteiger partial charge in [0, 0.05) is 30.2 Å². The number of carbonyl (C=O) groups excluding carboxylic acids is 2. The number of carbonyl (C=O) groups is 2. The first-order valence-corrected chi connectivity index (χ1v) is 23.0. The van der Waals surface area contributed by atoms with Crippen molar-refractivity contribution in [3.63, 3.8) is 0 Å². The molecule has 10 nitrogen and oxygen atoms in total. The molecule has 8 rings (SSSR count). The molecule has 1 spiro atoms. The SMILES string of the molecule is C=C(C)[C@@]12OC3(c4ccccc4)O[C@@H]1[C@@H]1C=C(COC(=O)c4ccccc4)[C@H]4OC(C)(C)O[C@@]45[C@@H](C[C@H](C)[C@@H]5O[Si](C)(C)C(C)(C)C)[C@@]1(O3)[C@H](C)[C@H]2OC(C)=O. The van der Waals surface area contributed by atoms with Gasteiger partial charge in [0.25, 0.3) is 0 Å².